The van der Waals surface area contributed by atoms with Crippen molar-refractivity contribution in [1.29, 1.82) is 0 Å². The van der Waals surface area contributed by atoms with E-state index in [9.17, 15) is 9.18 Å². The number of halogens is 1. The lowest BCUT2D eigenvalue weighted by Crippen LogP contribution is -2.32. The maximum absolute atomic E-state index is 13.6. The quantitative estimate of drug-likeness (QED) is 0.738. The molecule has 1 aromatic carbocycles. The summed E-state index contributed by atoms with van der Waals surface area (Å²) in [6, 6.07) is 10.7. The van der Waals surface area contributed by atoms with Crippen molar-refractivity contribution in [2.75, 3.05) is 11.4 Å². The first kappa shape index (κ1) is 15.2. The van der Waals surface area contributed by atoms with E-state index in [-0.39, 0.29) is 5.91 Å². The summed E-state index contributed by atoms with van der Waals surface area (Å²) in [5, 5.41) is 0. The average molecular weight is 311 g/mol. The molecule has 118 valence electrons. The number of imidazole rings is 1. The average Bonchev–Trinajstić information content (AvgIpc) is 2.83. The van der Waals surface area contributed by atoms with Gasteiger partial charge in [-0.15, -0.1) is 0 Å². The van der Waals surface area contributed by atoms with Crippen LogP contribution in [0.25, 0.3) is 5.65 Å². The summed E-state index contributed by atoms with van der Waals surface area (Å²) in [7, 11) is 0. The van der Waals surface area contributed by atoms with E-state index in [0.29, 0.717) is 23.6 Å². The second kappa shape index (κ2) is 5.83. The summed E-state index contributed by atoms with van der Waals surface area (Å²) in [5.41, 5.74) is 3.44. The van der Waals surface area contributed by atoms with Crippen LogP contribution in [0.2, 0.25) is 0 Å². The second-order valence-corrected chi connectivity index (χ2v) is 5.51. The van der Waals surface area contributed by atoms with Gasteiger partial charge in [-0.2, -0.15) is 0 Å². The SMILES string of the molecule is CCN(C(=O)c1c(C)nc2ccc(F)cn12)c1cccc(C)c1. The minimum Gasteiger partial charge on any atom is -0.307 e. The van der Waals surface area contributed by atoms with Gasteiger partial charge in [0.15, 0.2) is 0 Å². The molecule has 0 bridgehead atoms. The molecule has 0 saturated heterocycles. The van der Waals surface area contributed by atoms with Crippen molar-refractivity contribution in [1.82, 2.24) is 9.38 Å². The third-order valence-electron chi connectivity index (χ3n) is 3.83. The Morgan fingerprint density at radius 2 is 2.04 bits per heavy atom. The molecule has 2 aromatic heterocycles. The van der Waals surface area contributed by atoms with Crippen LogP contribution >= 0.6 is 0 Å². The number of rotatable bonds is 3. The summed E-state index contributed by atoms with van der Waals surface area (Å²) < 4.78 is 15.1. The lowest BCUT2D eigenvalue weighted by atomic mass is 10.2. The number of pyridine rings is 1. The molecule has 0 unspecified atom stereocenters. The van der Waals surface area contributed by atoms with Crippen LogP contribution in [0.1, 0.15) is 28.7 Å². The monoisotopic (exact) mass is 311 g/mol. The Morgan fingerprint density at radius 3 is 2.74 bits per heavy atom. The maximum Gasteiger partial charge on any atom is 0.277 e. The number of hydrogen-bond acceptors (Lipinski definition) is 2. The first-order valence-corrected chi connectivity index (χ1v) is 7.54. The lowest BCUT2D eigenvalue weighted by Gasteiger charge is -2.21. The molecule has 5 heteroatoms. The lowest BCUT2D eigenvalue weighted by molar-refractivity contribution is 0.0982. The zero-order chi connectivity index (χ0) is 16.6. The van der Waals surface area contributed by atoms with Crippen LogP contribution in [0.15, 0.2) is 42.6 Å². The Morgan fingerprint density at radius 1 is 1.26 bits per heavy atom. The van der Waals surface area contributed by atoms with E-state index >= 15 is 0 Å². The second-order valence-electron chi connectivity index (χ2n) is 5.51. The Bertz CT molecular complexity index is 885. The van der Waals surface area contributed by atoms with Crippen LogP contribution in [0.5, 0.6) is 0 Å². The van der Waals surface area contributed by atoms with E-state index in [1.807, 2.05) is 38.1 Å². The fraction of sp³-hybridized carbons (Fsp3) is 0.222. The van der Waals surface area contributed by atoms with E-state index in [1.54, 1.807) is 17.9 Å². The summed E-state index contributed by atoms with van der Waals surface area (Å²) in [5.74, 6) is -0.587. The van der Waals surface area contributed by atoms with Crippen molar-refractivity contribution in [3.05, 3.63) is 65.4 Å². The molecular weight excluding hydrogens is 293 g/mol. The first-order chi connectivity index (χ1) is 11.0. The van der Waals surface area contributed by atoms with Gasteiger partial charge in [-0.1, -0.05) is 12.1 Å². The van der Waals surface area contributed by atoms with Crippen molar-refractivity contribution in [3.8, 4) is 0 Å². The molecule has 23 heavy (non-hydrogen) atoms. The molecule has 0 fully saturated rings. The van der Waals surface area contributed by atoms with Gasteiger partial charge in [0.2, 0.25) is 0 Å². The minimum atomic E-state index is -0.400. The molecular formula is C18H18FN3O. The van der Waals surface area contributed by atoms with Crippen molar-refractivity contribution in [2.45, 2.75) is 20.8 Å². The number of aryl methyl sites for hydroxylation is 2. The van der Waals surface area contributed by atoms with Gasteiger partial charge in [-0.25, -0.2) is 9.37 Å². The molecule has 0 aliphatic rings. The van der Waals surface area contributed by atoms with Crippen molar-refractivity contribution in [2.24, 2.45) is 0 Å². The number of hydrogen-bond donors (Lipinski definition) is 0. The Balaban J connectivity index is 2.11. The third-order valence-corrected chi connectivity index (χ3v) is 3.83. The number of anilines is 1. The highest BCUT2D eigenvalue weighted by Crippen LogP contribution is 2.21. The van der Waals surface area contributed by atoms with Crippen molar-refractivity contribution < 1.29 is 9.18 Å². The van der Waals surface area contributed by atoms with Gasteiger partial charge in [0.1, 0.15) is 17.2 Å². The summed E-state index contributed by atoms with van der Waals surface area (Å²) in [6.45, 7) is 6.18. The number of fused-ring (bicyclic) bond motifs is 1. The highest BCUT2D eigenvalue weighted by molar-refractivity contribution is 6.06. The van der Waals surface area contributed by atoms with Gasteiger partial charge in [0.05, 0.1) is 5.69 Å². The molecule has 4 nitrogen and oxygen atoms in total. The van der Waals surface area contributed by atoms with Gasteiger partial charge < -0.3 is 4.90 Å². The van der Waals surface area contributed by atoms with Gasteiger partial charge in [-0.05, 0) is 50.6 Å². The van der Waals surface area contributed by atoms with E-state index in [2.05, 4.69) is 4.98 Å². The van der Waals surface area contributed by atoms with Gasteiger partial charge in [0, 0.05) is 18.4 Å². The number of aromatic nitrogens is 2. The fourth-order valence-electron chi connectivity index (χ4n) is 2.76. The number of carbonyl (C=O) groups excluding carboxylic acids is 1. The Hall–Kier alpha value is -2.69. The molecule has 0 spiro atoms. The number of nitrogens with zero attached hydrogens (tertiary/aromatic N) is 3. The first-order valence-electron chi connectivity index (χ1n) is 7.54. The molecule has 1 amide bonds. The van der Waals surface area contributed by atoms with E-state index < -0.39 is 5.82 Å². The highest BCUT2D eigenvalue weighted by atomic mass is 19.1. The van der Waals surface area contributed by atoms with Crippen LogP contribution in [-0.2, 0) is 0 Å². The van der Waals surface area contributed by atoms with Crippen LogP contribution in [0, 0.1) is 19.7 Å². The third kappa shape index (κ3) is 2.70. The van der Waals surface area contributed by atoms with E-state index in [4.69, 9.17) is 0 Å². The largest absolute Gasteiger partial charge is 0.307 e. The standard InChI is InChI=1S/C18H18FN3O/c1-4-21(15-7-5-6-12(2)10-15)18(23)17-13(3)20-16-9-8-14(19)11-22(16)17/h5-11H,4H2,1-3H3. The minimum absolute atomic E-state index is 0.186. The van der Waals surface area contributed by atoms with Crippen LogP contribution in [-0.4, -0.2) is 21.8 Å². The van der Waals surface area contributed by atoms with Crippen LogP contribution in [0.4, 0.5) is 10.1 Å². The summed E-state index contributed by atoms with van der Waals surface area (Å²) in [4.78, 5) is 19.1. The van der Waals surface area contributed by atoms with Crippen molar-refractivity contribution >= 4 is 17.2 Å². The van der Waals surface area contributed by atoms with Crippen molar-refractivity contribution in [3.63, 3.8) is 0 Å². The fourth-order valence-corrected chi connectivity index (χ4v) is 2.76. The smallest absolute Gasteiger partial charge is 0.277 e. The normalized spacial score (nSPS) is 11.0. The highest BCUT2D eigenvalue weighted by Gasteiger charge is 2.23. The zero-order valence-electron chi connectivity index (χ0n) is 13.4. The van der Waals surface area contributed by atoms with E-state index in [1.165, 1.54) is 16.7 Å². The van der Waals surface area contributed by atoms with E-state index in [0.717, 1.165) is 11.3 Å². The topological polar surface area (TPSA) is 37.6 Å². The molecule has 0 N–H and O–H groups in total. The van der Waals surface area contributed by atoms with Crippen LogP contribution < -0.4 is 4.90 Å². The predicted octanol–water partition coefficient (Wildman–Crippen LogP) is 3.76. The molecule has 0 atom stereocenters. The molecule has 0 saturated carbocycles. The predicted molar refractivity (Wildman–Crippen MR) is 88.4 cm³/mol. The maximum atomic E-state index is 13.6. The molecule has 3 rings (SSSR count). The molecule has 2 heterocycles. The molecule has 3 aromatic rings. The Kier molecular flexibility index (Phi) is 3.86. The Labute approximate surface area is 134 Å². The van der Waals surface area contributed by atoms with Crippen LogP contribution in [0.3, 0.4) is 0 Å². The molecule has 0 aliphatic heterocycles. The molecule has 0 radical (unpaired) electrons. The van der Waals surface area contributed by atoms with Gasteiger partial charge in [0.25, 0.3) is 5.91 Å². The van der Waals surface area contributed by atoms with Gasteiger partial charge >= 0.3 is 0 Å². The summed E-state index contributed by atoms with van der Waals surface area (Å²) in [6.07, 6.45) is 1.30. The zero-order valence-corrected chi connectivity index (χ0v) is 13.4. The van der Waals surface area contributed by atoms with Gasteiger partial charge in [-0.3, -0.25) is 9.20 Å². The summed E-state index contributed by atoms with van der Waals surface area (Å²) >= 11 is 0. The molecule has 0 aliphatic carbocycles. The number of amides is 1. The number of carbonyl (C=O) groups is 1. The number of benzene rings is 1.